The maximum Gasteiger partial charge on any atom is 0.252 e. The van der Waals surface area contributed by atoms with Crippen LogP contribution in [0.5, 0.6) is 0 Å². The van der Waals surface area contributed by atoms with E-state index in [4.69, 9.17) is 0 Å². The van der Waals surface area contributed by atoms with Gasteiger partial charge < -0.3 is 14.4 Å². The Morgan fingerprint density at radius 1 is 0.278 bits per heavy atom. The second kappa shape index (κ2) is 26.1. The Labute approximate surface area is 685 Å². The Balaban J connectivity index is 0.962. The molecule has 0 fully saturated rings. The van der Waals surface area contributed by atoms with Gasteiger partial charge in [0.05, 0.1) is 44.5 Å². The molecule has 3 nitrogen and oxygen atoms in total. The molecule has 0 saturated heterocycles. The number of aromatic nitrogens is 1. The van der Waals surface area contributed by atoms with Gasteiger partial charge in [-0.05, 0) is 187 Å². The number of nitrogens with zero attached hydrogens (tertiary/aromatic N) is 3. The quantitative estimate of drug-likeness (QED) is 0.126. The molecule has 2 aliphatic carbocycles. The number of hydrogen-bond acceptors (Lipinski definition) is 2. The second-order valence-corrected chi connectivity index (χ2v) is 33.2. The molecule has 544 valence electrons. The van der Waals surface area contributed by atoms with E-state index >= 15 is 0 Å². The van der Waals surface area contributed by atoms with Crippen molar-refractivity contribution >= 4 is 79.0 Å². The first-order chi connectivity index (χ1) is 59.7. The summed E-state index contributed by atoms with van der Waals surface area (Å²) in [5.74, 6) is 0. The topological polar surface area (TPSA) is 11.4 Å². The molecule has 4 aliphatic rings. The molecule has 18 aromatic rings. The average Bonchev–Trinajstić information content (AvgIpc) is 1.66. The van der Waals surface area contributed by atoms with Crippen LogP contribution in [0.4, 0.5) is 34.1 Å². The Morgan fingerprint density at radius 2 is 0.678 bits per heavy atom. The standard InChI is InChI=1S/C111H82BN3/c1-109(2,3)80-62-78(63-81(68-80)110(4,5)6)76-59-61-101-98(66-76)112-97-60-58-77(83-49-32-52-91-88-46-24-29-55-96(88)111(105(83)91)94-53-27-22-44-86(94)87-45-23-28-54-95(87)111)67-102(97)115(108-92(74-40-18-10-19-41-74)64-79(71-34-12-7-13-35-71)65-93(108)75-42-20-11-21-43-75)104-70-82(113-99-56-30-25-47-89(99)90-48-26-31-57-100(90)113)69-103(106(104)112)114(101)107-84(72-36-14-8-15-37-72)50-33-51-85(107)73-38-16-9-17-39-73/h7-70H,1-6H3/i25D,26D,30D,31D,47D,48D,56D,57D. The fraction of sp³-hybridized carbons (Fsp3) is 0.0811. The van der Waals surface area contributed by atoms with E-state index in [2.05, 4.69) is 379 Å². The van der Waals surface area contributed by atoms with Gasteiger partial charge in [-0.3, -0.25) is 0 Å². The van der Waals surface area contributed by atoms with E-state index in [0.717, 1.165) is 134 Å². The van der Waals surface area contributed by atoms with Gasteiger partial charge in [0.25, 0.3) is 6.71 Å². The van der Waals surface area contributed by atoms with Gasteiger partial charge in [-0.2, -0.15) is 0 Å². The molecule has 17 aromatic carbocycles. The van der Waals surface area contributed by atoms with Crippen molar-refractivity contribution in [2.75, 3.05) is 9.80 Å². The first-order valence-corrected chi connectivity index (χ1v) is 39.9. The summed E-state index contributed by atoms with van der Waals surface area (Å²) >= 11 is 0. The number of anilines is 6. The molecular weight excluding hydrogens is 1390 g/mol. The fourth-order valence-electron chi connectivity index (χ4n) is 19.5. The van der Waals surface area contributed by atoms with E-state index in [-0.39, 0.29) is 32.6 Å². The van der Waals surface area contributed by atoms with Gasteiger partial charge in [0.2, 0.25) is 0 Å². The van der Waals surface area contributed by atoms with Crippen molar-refractivity contribution in [3.8, 4) is 106 Å². The molecule has 0 N–H and O–H groups in total. The van der Waals surface area contributed by atoms with Gasteiger partial charge in [-0.15, -0.1) is 0 Å². The van der Waals surface area contributed by atoms with E-state index in [9.17, 15) is 11.0 Å². The molecule has 115 heavy (non-hydrogen) atoms. The molecule has 2 aliphatic heterocycles. The van der Waals surface area contributed by atoms with E-state index in [1.165, 1.54) is 50.1 Å². The van der Waals surface area contributed by atoms with Crippen molar-refractivity contribution in [2.24, 2.45) is 0 Å². The molecule has 1 spiro atoms. The highest BCUT2D eigenvalue weighted by molar-refractivity contribution is 7.00. The fourth-order valence-corrected chi connectivity index (χ4v) is 19.5. The molecule has 0 unspecified atom stereocenters. The Hall–Kier alpha value is -13.8. The lowest BCUT2D eigenvalue weighted by Crippen LogP contribution is -2.61. The smallest absolute Gasteiger partial charge is 0.252 e. The Morgan fingerprint density at radius 3 is 1.18 bits per heavy atom. The van der Waals surface area contributed by atoms with Gasteiger partial charge in [0.1, 0.15) is 0 Å². The minimum Gasteiger partial charge on any atom is -0.310 e. The van der Waals surface area contributed by atoms with Crippen LogP contribution in [0.15, 0.2) is 388 Å². The van der Waals surface area contributed by atoms with Crippen LogP contribution in [-0.4, -0.2) is 11.3 Å². The zero-order chi connectivity index (χ0) is 84.0. The summed E-state index contributed by atoms with van der Waals surface area (Å²) < 4.78 is 80.5. The van der Waals surface area contributed by atoms with Crippen LogP contribution in [0, 0.1) is 0 Å². The molecule has 3 heterocycles. The van der Waals surface area contributed by atoms with Gasteiger partial charge in [-0.25, -0.2) is 0 Å². The third-order valence-corrected chi connectivity index (χ3v) is 24.7. The van der Waals surface area contributed by atoms with E-state index in [1.54, 1.807) is 4.57 Å². The average molecular weight is 1480 g/mol. The minimum absolute atomic E-state index is 0.0102. The van der Waals surface area contributed by atoms with Crippen molar-refractivity contribution in [2.45, 2.75) is 57.8 Å². The molecular formula is C111H82BN3. The summed E-state index contributed by atoms with van der Waals surface area (Å²) in [5, 5.41) is -0.0337. The summed E-state index contributed by atoms with van der Waals surface area (Å²) in [4.78, 5) is 4.95. The molecule has 0 amide bonds. The number of para-hydroxylation sites is 3. The normalized spacial score (nSPS) is 14.3. The number of benzene rings is 17. The second-order valence-electron chi connectivity index (χ2n) is 33.2. The first-order valence-electron chi connectivity index (χ1n) is 43.9. The lowest BCUT2D eigenvalue weighted by Gasteiger charge is -2.46. The van der Waals surface area contributed by atoms with Crippen LogP contribution < -0.4 is 26.2 Å². The lowest BCUT2D eigenvalue weighted by molar-refractivity contribution is 0.569. The van der Waals surface area contributed by atoms with Crippen LogP contribution in [0.25, 0.3) is 128 Å². The summed E-state index contributed by atoms with van der Waals surface area (Å²) in [6.07, 6.45) is 0. The maximum absolute atomic E-state index is 10.3. The zero-order valence-corrected chi connectivity index (χ0v) is 64.8. The molecule has 22 rings (SSSR count). The Kier molecular flexibility index (Phi) is 13.6. The molecule has 0 atom stereocenters. The van der Waals surface area contributed by atoms with Gasteiger partial charge in [0, 0.05) is 55.8 Å². The third kappa shape index (κ3) is 10.5. The third-order valence-electron chi connectivity index (χ3n) is 24.7. The van der Waals surface area contributed by atoms with E-state index < -0.39 is 60.5 Å². The number of rotatable bonds is 10. The lowest BCUT2D eigenvalue weighted by atomic mass is 9.33. The summed E-state index contributed by atoms with van der Waals surface area (Å²) in [6.45, 7) is 13.2. The predicted octanol–water partition coefficient (Wildman–Crippen LogP) is 27.5. The van der Waals surface area contributed by atoms with Gasteiger partial charge >= 0.3 is 0 Å². The van der Waals surface area contributed by atoms with Gasteiger partial charge in [0.15, 0.2) is 0 Å². The van der Waals surface area contributed by atoms with E-state index in [0.29, 0.717) is 5.69 Å². The van der Waals surface area contributed by atoms with Crippen LogP contribution in [0.3, 0.4) is 0 Å². The largest absolute Gasteiger partial charge is 0.310 e. The number of hydrogen-bond donors (Lipinski definition) is 0. The first kappa shape index (κ1) is 59.9. The number of fused-ring (bicyclic) bond motifs is 17. The minimum atomic E-state index is -0.739. The van der Waals surface area contributed by atoms with Gasteiger partial charge in [-0.1, -0.05) is 381 Å². The van der Waals surface area contributed by atoms with Crippen molar-refractivity contribution in [1.82, 2.24) is 4.57 Å². The van der Waals surface area contributed by atoms with Crippen molar-refractivity contribution in [3.63, 3.8) is 0 Å². The van der Waals surface area contributed by atoms with Crippen molar-refractivity contribution in [3.05, 3.63) is 421 Å². The highest BCUT2D eigenvalue weighted by atomic mass is 15.2. The van der Waals surface area contributed by atoms with Crippen LogP contribution in [-0.2, 0) is 16.2 Å². The van der Waals surface area contributed by atoms with Crippen LogP contribution in [0.1, 0.15) is 85.9 Å². The Bertz CT molecular complexity index is 7210. The molecule has 0 radical (unpaired) electrons. The highest BCUT2D eigenvalue weighted by Crippen LogP contribution is 2.65. The SMILES string of the molecule is [2H]c1c([2H])c([2H])c2c(c1[2H])c1c([2H])c([2H])c([2H])c([2H])c1n2-c1cc2c3c(c1)N(c1c(-c4ccccc4)cc(-c4ccccc4)cc1-c1ccccc1)c1cc(-c4cccc5c4C4(c6ccccc6-c6ccccc64)c4ccccc4-5)ccc1B3c1cc(-c3cc(C(C)(C)C)cc(C(C)(C)C)c3)ccc1N2c1c(-c2ccccc2)cccc1-c1ccccc1. The van der Waals surface area contributed by atoms with Crippen molar-refractivity contribution in [1.29, 1.82) is 0 Å². The molecule has 1 aromatic heterocycles. The van der Waals surface area contributed by atoms with Crippen molar-refractivity contribution < 1.29 is 11.0 Å². The monoisotopic (exact) mass is 1480 g/mol. The zero-order valence-electron chi connectivity index (χ0n) is 72.8. The highest BCUT2D eigenvalue weighted by Gasteiger charge is 2.53. The predicted molar refractivity (Wildman–Crippen MR) is 487 cm³/mol. The summed E-state index contributed by atoms with van der Waals surface area (Å²) in [6, 6.07) is 120. The summed E-state index contributed by atoms with van der Waals surface area (Å²) in [5.41, 5.74) is 33.0. The molecule has 0 saturated carbocycles. The molecule has 4 heteroatoms. The summed E-state index contributed by atoms with van der Waals surface area (Å²) in [7, 11) is 0. The van der Waals surface area contributed by atoms with E-state index in [1.807, 2.05) is 12.1 Å². The van der Waals surface area contributed by atoms with Crippen LogP contribution in [0.2, 0.25) is 0 Å². The molecule has 0 bridgehead atoms. The maximum atomic E-state index is 10.3. The van der Waals surface area contributed by atoms with Crippen LogP contribution >= 0.6 is 0 Å².